The summed E-state index contributed by atoms with van der Waals surface area (Å²) in [6, 6.07) is 16.4. The molecule has 0 aliphatic carbocycles. The van der Waals surface area contributed by atoms with Crippen molar-refractivity contribution in [3.05, 3.63) is 60.2 Å². The van der Waals surface area contributed by atoms with Crippen molar-refractivity contribution in [2.45, 2.75) is 19.1 Å². The van der Waals surface area contributed by atoms with Gasteiger partial charge in [-0.25, -0.2) is 13.1 Å². The lowest BCUT2D eigenvalue weighted by molar-refractivity contribution is -0.118. The molecule has 7 heteroatoms. The maximum absolute atomic E-state index is 12.3. The number of nitrogens with zero attached hydrogens (tertiary/aromatic N) is 1. The molecule has 1 saturated heterocycles. The van der Waals surface area contributed by atoms with E-state index in [0.717, 1.165) is 17.5 Å². The SMILES string of the molecule is CS(=O)(=O)N[C@H]1CCN(c2ccc(OCc3ccccc3)cc2)C1=O. The van der Waals surface area contributed by atoms with Crippen LogP contribution in [0.2, 0.25) is 0 Å². The second-order valence-corrected chi connectivity index (χ2v) is 7.77. The van der Waals surface area contributed by atoms with Crippen LogP contribution >= 0.6 is 0 Å². The quantitative estimate of drug-likeness (QED) is 0.854. The van der Waals surface area contributed by atoms with Crippen molar-refractivity contribution in [1.29, 1.82) is 0 Å². The van der Waals surface area contributed by atoms with Crippen LogP contribution in [0, 0.1) is 0 Å². The first-order valence-corrected chi connectivity index (χ1v) is 9.87. The third-order valence-corrected chi connectivity index (χ3v) is 4.67. The molecule has 132 valence electrons. The van der Waals surface area contributed by atoms with Gasteiger partial charge in [-0.05, 0) is 36.2 Å². The van der Waals surface area contributed by atoms with Crippen LogP contribution in [0.3, 0.4) is 0 Å². The second-order valence-electron chi connectivity index (χ2n) is 5.99. The zero-order valence-electron chi connectivity index (χ0n) is 13.9. The van der Waals surface area contributed by atoms with E-state index in [1.165, 1.54) is 0 Å². The van der Waals surface area contributed by atoms with Gasteiger partial charge in [0.25, 0.3) is 0 Å². The van der Waals surface area contributed by atoms with E-state index in [4.69, 9.17) is 4.74 Å². The smallest absolute Gasteiger partial charge is 0.245 e. The molecular formula is C18H20N2O4S. The standard InChI is InChI=1S/C18H20N2O4S/c1-25(22,23)19-17-11-12-20(18(17)21)15-7-9-16(10-8-15)24-13-14-5-3-2-4-6-14/h2-10,17,19H,11-13H2,1H3/t17-/m0/s1. The molecular weight excluding hydrogens is 340 g/mol. The first-order chi connectivity index (χ1) is 11.9. The molecule has 0 aromatic heterocycles. The number of benzene rings is 2. The van der Waals surface area contributed by atoms with Gasteiger partial charge in [-0.3, -0.25) is 4.79 Å². The Kier molecular flexibility index (Phi) is 5.06. The molecule has 1 fully saturated rings. The lowest BCUT2D eigenvalue weighted by atomic mass is 10.2. The second kappa shape index (κ2) is 7.25. The predicted molar refractivity (Wildman–Crippen MR) is 96.0 cm³/mol. The van der Waals surface area contributed by atoms with Crippen LogP contribution < -0.4 is 14.4 Å². The molecule has 0 bridgehead atoms. The zero-order valence-corrected chi connectivity index (χ0v) is 14.7. The summed E-state index contributed by atoms with van der Waals surface area (Å²) in [5, 5.41) is 0. The number of anilines is 1. The third kappa shape index (κ3) is 4.58. The Balaban J connectivity index is 1.62. The van der Waals surface area contributed by atoms with E-state index in [1.54, 1.807) is 17.0 Å². The van der Waals surface area contributed by atoms with Gasteiger partial charge in [0.05, 0.1) is 6.26 Å². The van der Waals surface area contributed by atoms with Crippen molar-refractivity contribution in [3.8, 4) is 5.75 Å². The molecule has 1 atom stereocenters. The Labute approximate surface area is 147 Å². The average molecular weight is 360 g/mol. The van der Waals surface area contributed by atoms with Crippen molar-refractivity contribution in [2.75, 3.05) is 17.7 Å². The Hall–Kier alpha value is -2.38. The van der Waals surface area contributed by atoms with Gasteiger partial charge in [0.1, 0.15) is 18.4 Å². The summed E-state index contributed by atoms with van der Waals surface area (Å²) < 4.78 is 30.7. The van der Waals surface area contributed by atoms with Gasteiger partial charge in [-0.2, -0.15) is 0 Å². The minimum Gasteiger partial charge on any atom is -0.489 e. The normalized spacial score (nSPS) is 17.7. The molecule has 0 spiro atoms. The van der Waals surface area contributed by atoms with Crippen LogP contribution in [-0.4, -0.2) is 33.2 Å². The molecule has 0 radical (unpaired) electrons. The van der Waals surface area contributed by atoms with Gasteiger partial charge >= 0.3 is 0 Å². The van der Waals surface area contributed by atoms with Crippen LogP contribution in [0.4, 0.5) is 5.69 Å². The molecule has 3 rings (SSSR count). The molecule has 2 aromatic rings. The fourth-order valence-corrected chi connectivity index (χ4v) is 3.50. The van der Waals surface area contributed by atoms with E-state index in [0.29, 0.717) is 25.3 Å². The van der Waals surface area contributed by atoms with Crippen LogP contribution in [0.15, 0.2) is 54.6 Å². The largest absolute Gasteiger partial charge is 0.489 e. The van der Waals surface area contributed by atoms with E-state index in [9.17, 15) is 13.2 Å². The molecule has 1 amide bonds. The van der Waals surface area contributed by atoms with Crippen molar-refractivity contribution in [2.24, 2.45) is 0 Å². The highest BCUT2D eigenvalue weighted by molar-refractivity contribution is 7.88. The number of carbonyl (C=O) groups is 1. The highest BCUT2D eigenvalue weighted by Crippen LogP contribution is 2.25. The molecule has 6 nitrogen and oxygen atoms in total. The van der Waals surface area contributed by atoms with Crippen LogP contribution in [-0.2, 0) is 21.4 Å². The molecule has 0 saturated carbocycles. The topological polar surface area (TPSA) is 75.7 Å². The number of amides is 1. The number of hydrogen-bond acceptors (Lipinski definition) is 4. The first kappa shape index (κ1) is 17.4. The number of carbonyl (C=O) groups excluding carboxylic acids is 1. The van der Waals surface area contributed by atoms with Crippen LogP contribution in [0.5, 0.6) is 5.75 Å². The summed E-state index contributed by atoms with van der Waals surface area (Å²) in [4.78, 5) is 13.9. The fraction of sp³-hybridized carbons (Fsp3) is 0.278. The van der Waals surface area contributed by atoms with Crippen LogP contribution in [0.25, 0.3) is 0 Å². The maximum Gasteiger partial charge on any atom is 0.245 e. The molecule has 1 aliphatic heterocycles. The van der Waals surface area contributed by atoms with Crippen LogP contribution in [0.1, 0.15) is 12.0 Å². The number of rotatable bonds is 6. The molecule has 2 aromatic carbocycles. The number of sulfonamides is 1. The Morgan fingerprint density at radius 2 is 1.80 bits per heavy atom. The number of ether oxygens (including phenoxy) is 1. The minimum absolute atomic E-state index is 0.233. The van der Waals surface area contributed by atoms with E-state index in [1.807, 2.05) is 42.5 Å². The summed E-state index contributed by atoms with van der Waals surface area (Å²) in [6.45, 7) is 0.958. The predicted octanol–water partition coefficient (Wildman–Crippen LogP) is 1.92. The molecule has 0 unspecified atom stereocenters. The lowest BCUT2D eigenvalue weighted by Crippen LogP contribution is -2.40. The van der Waals surface area contributed by atoms with E-state index >= 15 is 0 Å². The lowest BCUT2D eigenvalue weighted by Gasteiger charge is -2.17. The molecule has 1 aliphatic rings. The van der Waals surface area contributed by atoms with Crippen molar-refractivity contribution in [3.63, 3.8) is 0 Å². The van der Waals surface area contributed by atoms with E-state index in [-0.39, 0.29) is 5.91 Å². The minimum atomic E-state index is -3.40. The summed E-state index contributed by atoms with van der Waals surface area (Å²) in [5.74, 6) is 0.480. The summed E-state index contributed by atoms with van der Waals surface area (Å²) in [7, 11) is -3.40. The molecule has 25 heavy (non-hydrogen) atoms. The van der Waals surface area contributed by atoms with Gasteiger partial charge in [0, 0.05) is 12.2 Å². The van der Waals surface area contributed by atoms with Gasteiger partial charge in [-0.15, -0.1) is 0 Å². The first-order valence-electron chi connectivity index (χ1n) is 7.98. The van der Waals surface area contributed by atoms with Crippen molar-refractivity contribution < 1.29 is 17.9 Å². The maximum atomic E-state index is 12.3. The fourth-order valence-electron chi connectivity index (χ4n) is 2.77. The monoisotopic (exact) mass is 360 g/mol. The summed E-state index contributed by atoms with van der Waals surface area (Å²) >= 11 is 0. The van der Waals surface area contributed by atoms with Gasteiger partial charge < -0.3 is 9.64 Å². The Morgan fingerprint density at radius 1 is 1.12 bits per heavy atom. The summed E-state index contributed by atoms with van der Waals surface area (Å²) in [5.41, 5.74) is 1.81. The highest BCUT2D eigenvalue weighted by atomic mass is 32.2. The van der Waals surface area contributed by atoms with Gasteiger partial charge in [-0.1, -0.05) is 30.3 Å². The number of nitrogens with one attached hydrogen (secondary N) is 1. The third-order valence-electron chi connectivity index (χ3n) is 3.96. The Bertz CT molecular complexity index is 835. The zero-order chi connectivity index (χ0) is 17.9. The van der Waals surface area contributed by atoms with Gasteiger partial charge in [0.2, 0.25) is 15.9 Å². The van der Waals surface area contributed by atoms with Gasteiger partial charge in [0.15, 0.2) is 0 Å². The average Bonchev–Trinajstić information content (AvgIpc) is 2.93. The van der Waals surface area contributed by atoms with E-state index < -0.39 is 16.1 Å². The molecule has 1 N–H and O–H groups in total. The van der Waals surface area contributed by atoms with Crippen molar-refractivity contribution in [1.82, 2.24) is 4.72 Å². The number of hydrogen-bond donors (Lipinski definition) is 1. The summed E-state index contributed by atoms with van der Waals surface area (Å²) in [6.07, 6.45) is 1.51. The van der Waals surface area contributed by atoms with E-state index in [2.05, 4.69) is 4.72 Å². The van der Waals surface area contributed by atoms with Crippen molar-refractivity contribution >= 4 is 21.6 Å². The molecule has 1 heterocycles. The highest BCUT2D eigenvalue weighted by Gasteiger charge is 2.34. The Morgan fingerprint density at radius 3 is 2.44 bits per heavy atom.